The second kappa shape index (κ2) is 4.88. The van der Waals surface area contributed by atoms with Crippen LogP contribution in [-0.4, -0.2) is 20.4 Å². The highest BCUT2D eigenvalue weighted by Gasteiger charge is 2.04. The van der Waals surface area contributed by atoms with E-state index >= 15 is 0 Å². The third kappa shape index (κ3) is 2.98. The van der Waals surface area contributed by atoms with Gasteiger partial charge >= 0.3 is 0 Å². The summed E-state index contributed by atoms with van der Waals surface area (Å²) in [6, 6.07) is 5.91. The quantitative estimate of drug-likeness (QED) is 0.673. The fraction of sp³-hybridized carbons (Fsp3) is 0. The molecule has 1 aromatic carbocycles. The molecule has 0 amide bonds. The van der Waals surface area contributed by atoms with E-state index < -0.39 is 5.24 Å². The van der Waals surface area contributed by atoms with Crippen LogP contribution in [0.5, 0.6) is 0 Å². The molecule has 0 spiro atoms. The summed E-state index contributed by atoms with van der Waals surface area (Å²) in [5.41, 5.74) is 0.554. The van der Waals surface area contributed by atoms with Crippen molar-refractivity contribution in [3.8, 4) is 11.4 Å². The number of allylic oxidation sites excluding steroid dienone is 1. The van der Waals surface area contributed by atoms with Crippen LogP contribution in [0.2, 0.25) is 0 Å². The lowest BCUT2D eigenvalue weighted by Gasteiger charge is -1.93. The molecule has 0 fully saturated rings. The molecule has 17 heavy (non-hydrogen) atoms. The lowest BCUT2D eigenvalue weighted by molar-refractivity contribution is -0.107. The lowest BCUT2D eigenvalue weighted by atomic mass is 10.2. The molecule has 0 aliphatic heterocycles. The van der Waals surface area contributed by atoms with Gasteiger partial charge in [-0.25, -0.2) is 9.37 Å². The Morgan fingerprint density at radius 3 is 3.00 bits per heavy atom. The standard InChI is InChI=1S/C11H7ClFN3O/c12-9(17)4-5-10-14-11(16-15-10)7-2-1-3-8(13)6-7/h1-6H,(H,14,15,16). The summed E-state index contributed by atoms with van der Waals surface area (Å²) in [7, 11) is 0. The third-order valence-electron chi connectivity index (χ3n) is 1.96. The predicted molar refractivity (Wildman–Crippen MR) is 61.7 cm³/mol. The van der Waals surface area contributed by atoms with Gasteiger partial charge in [-0.2, -0.15) is 5.10 Å². The van der Waals surface area contributed by atoms with Crippen LogP contribution in [0.15, 0.2) is 30.3 Å². The minimum absolute atomic E-state index is 0.353. The third-order valence-corrected chi connectivity index (χ3v) is 2.08. The molecule has 6 heteroatoms. The van der Waals surface area contributed by atoms with Crippen LogP contribution in [0.4, 0.5) is 4.39 Å². The Labute approximate surface area is 101 Å². The van der Waals surface area contributed by atoms with E-state index in [0.29, 0.717) is 17.2 Å². The second-order valence-electron chi connectivity index (χ2n) is 3.19. The first kappa shape index (κ1) is 11.5. The number of halogens is 2. The lowest BCUT2D eigenvalue weighted by Crippen LogP contribution is -1.82. The van der Waals surface area contributed by atoms with Gasteiger partial charge in [-0.15, -0.1) is 0 Å². The van der Waals surface area contributed by atoms with Crippen LogP contribution in [0.25, 0.3) is 17.5 Å². The van der Waals surface area contributed by atoms with Crippen LogP contribution < -0.4 is 0 Å². The molecule has 0 saturated carbocycles. The van der Waals surface area contributed by atoms with Crippen molar-refractivity contribution in [3.05, 3.63) is 42.0 Å². The number of hydrogen-bond acceptors (Lipinski definition) is 3. The maximum Gasteiger partial charge on any atom is 0.245 e. The first-order valence-corrected chi connectivity index (χ1v) is 5.09. The Hall–Kier alpha value is -2.01. The zero-order valence-electron chi connectivity index (χ0n) is 8.52. The Morgan fingerprint density at radius 2 is 2.29 bits per heavy atom. The van der Waals surface area contributed by atoms with Crippen molar-refractivity contribution in [2.24, 2.45) is 0 Å². The van der Waals surface area contributed by atoms with E-state index in [1.165, 1.54) is 18.2 Å². The molecule has 0 aliphatic rings. The van der Waals surface area contributed by atoms with Crippen molar-refractivity contribution in [1.29, 1.82) is 0 Å². The Morgan fingerprint density at radius 1 is 1.47 bits per heavy atom. The van der Waals surface area contributed by atoms with Crippen molar-refractivity contribution in [3.63, 3.8) is 0 Å². The van der Waals surface area contributed by atoms with Crippen LogP contribution in [-0.2, 0) is 4.79 Å². The van der Waals surface area contributed by atoms with E-state index in [2.05, 4.69) is 15.2 Å². The summed E-state index contributed by atoms with van der Waals surface area (Å²) in [6.07, 6.45) is 2.54. The van der Waals surface area contributed by atoms with Crippen LogP contribution in [0.3, 0.4) is 0 Å². The maximum absolute atomic E-state index is 13.0. The summed E-state index contributed by atoms with van der Waals surface area (Å²) in [5.74, 6) is 0.366. The molecule has 0 saturated heterocycles. The minimum Gasteiger partial charge on any atom is -0.276 e. The van der Waals surface area contributed by atoms with Gasteiger partial charge in [0, 0.05) is 11.6 Å². The minimum atomic E-state index is -0.603. The van der Waals surface area contributed by atoms with Crippen LogP contribution >= 0.6 is 11.6 Å². The molecule has 4 nitrogen and oxygen atoms in total. The van der Waals surface area contributed by atoms with Gasteiger partial charge in [0.2, 0.25) is 5.24 Å². The molecule has 0 atom stereocenters. The van der Waals surface area contributed by atoms with Gasteiger partial charge in [0.05, 0.1) is 0 Å². The number of H-pyrrole nitrogens is 1. The summed E-state index contributed by atoms with van der Waals surface area (Å²) in [5, 5.41) is 5.89. The van der Waals surface area contributed by atoms with E-state index in [1.54, 1.807) is 12.1 Å². The smallest absolute Gasteiger partial charge is 0.245 e. The van der Waals surface area contributed by atoms with E-state index in [1.807, 2.05) is 0 Å². The summed E-state index contributed by atoms with van der Waals surface area (Å²) >= 11 is 5.13. The maximum atomic E-state index is 13.0. The first-order chi connectivity index (χ1) is 8.15. The highest BCUT2D eigenvalue weighted by molar-refractivity contribution is 6.66. The van der Waals surface area contributed by atoms with Crippen molar-refractivity contribution in [2.45, 2.75) is 0 Å². The van der Waals surface area contributed by atoms with Gasteiger partial charge in [0.1, 0.15) is 11.6 Å². The van der Waals surface area contributed by atoms with Crippen molar-refractivity contribution < 1.29 is 9.18 Å². The highest BCUT2D eigenvalue weighted by atomic mass is 35.5. The molecule has 2 aromatic rings. The molecule has 0 aliphatic carbocycles. The number of carbonyl (C=O) groups is 1. The molecular weight excluding hydrogens is 245 g/mol. The number of nitrogens with zero attached hydrogens (tertiary/aromatic N) is 2. The van der Waals surface area contributed by atoms with Gasteiger partial charge in [0.25, 0.3) is 0 Å². The van der Waals surface area contributed by atoms with Gasteiger partial charge in [-0.05, 0) is 29.8 Å². The average molecular weight is 252 g/mol. The molecule has 86 valence electrons. The number of rotatable bonds is 3. The Balaban J connectivity index is 2.27. The number of carbonyl (C=O) groups excluding carboxylic acids is 1. The molecular formula is C11H7ClFN3O. The van der Waals surface area contributed by atoms with E-state index in [0.717, 1.165) is 6.08 Å². The largest absolute Gasteiger partial charge is 0.276 e. The topological polar surface area (TPSA) is 58.6 Å². The number of benzene rings is 1. The molecule has 1 N–H and O–H groups in total. The van der Waals surface area contributed by atoms with E-state index in [4.69, 9.17) is 11.6 Å². The average Bonchev–Trinajstić information content (AvgIpc) is 2.75. The number of nitrogens with one attached hydrogen (secondary N) is 1. The van der Waals surface area contributed by atoms with Gasteiger partial charge < -0.3 is 0 Å². The number of hydrogen-bond donors (Lipinski definition) is 1. The fourth-order valence-corrected chi connectivity index (χ4v) is 1.31. The Kier molecular flexibility index (Phi) is 3.30. The molecule has 0 radical (unpaired) electrons. The SMILES string of the molecule is O=C(Cl)C=Cc1nc(-c2cccc(F)c2)n[nH]1. The summed E-state index contributed by atoms with van der Waals surface area (Å²) < 4.78 is 13.0. The summed E-state index contributed by atoms with van der Waals surface area (Å²) in [6.45, 7) is 0. The summed E-state index contributed by atoms with van der Waals surface area (Å²) in [4.78, 5) is 14.6. The van der Waals surface area contributed by atoms with Crippen molar-refractivity contribution >= 4 is 22.9 Å². The van der Waals surface area contributed by atoms with Crippen LogP contribution in [0, 0.1) is 5.82 Å². The molecule has 1 heterocycles. The molecule has 1 aromatic heterocycles. The van der Waals surface area contributed by atoms with Crippen molar-refractivity contribution in [2.75, 3.05) is 0 Å². The highest BCUT2D eigenvalue weighted by Crippen LogP contribution is 2.15. The van der Waals surface area contributed by atoms with Gasteiger partial charge in [0.15, 0.2) is 5.82 Å². The normalized spacial score (nSPS) is 10.9. The molecule has 0 bridgehead atoms. The zero-order valence-corrected chi connectivity index (χ0v) is 9.28. The van der Waals surface area contributed by atoms with Crippen molar-refractivity contribution in [1.82, 2.24) is 15.2 Å². The Bertz CT molecular complexity index is 580. The second-order valence-corrected chi connectivity index (χ2v) is 3.56. The zero-order chi connectivity index (χ0) is 12.3. The first-order valence-electron chi connectivity index (χ1n) is 4.71. The van der Waals surface area contributed by atoms with Gasteiger partial charge in [-0.1, -0.05) is 12.1 Å². The molecule has 0 unspecified atom stereocenters. The predicted octanol–water partition coefficient (Wildman–Crippen LogP) is 2.39. The monoisotopic (exact) mass is 251 g/mol. The van der Waals surface area contributed by atoms with Crippen LogP contribution in [0.1, 0.15) is 5.82 Å². The van der Waals surface area contributed by atoms with Gasteiger partial charge in [-0.3, -0.25) is 9.89 Å². The number of aromatic amines is 1. The fourth-order valence-electron chi connectivity index (χ4n) is 1.25. The molecule has 2 rings (SSSR count). The van der Waals surface area contributed by atoms with E-state index in [-0.39, 0.29) is 5.82 Å². The number of aromatic nitrogens is 3. The van der Waals surface area contributed by atoms with E-state index in [9.17, 15) is 9.18 Å².